The lowest BCUT2D eigenvalue weighted by molar-refractivity contribution is -0.122. The third kappa shape index (κ3) is 6.08. The first-order valence-electron chi connectivity index (χ1n) is 9.47. The molecule has 2 rings (SSSR count). The third-order valence-corrected chi connectivity index (χ3v) is 5.18. The molecular formula is C22H28ClN3O2. The molecule has 0 heterocycles. The van der Waals surface area contributed by atoms with Crippen molar-refractivity contribution in [1.29, 1.82) is 0 Å². The quantitative estimate of drug-likeness (QED) is 0.670. The second-order valence-electron chi connectivity index (χ2n) is 7.03. The second kappa shape index (κ2) is 10.2. The molecule has 0 saturated carbocycles. The Morgan fingerprint density at radius 1 is 1.04 bits per heavy atom. The van der Waals surface area contributed by atoms with Gasteiger partial charge in [0, 0.05) is 16.4 Å². The standard InChI is InChI=1S/C22H28ClN3O2/c1-5-15(2)19-8-6-7-9-20(19)25-22(28)16(3)26(4)14-21(27)24-18-12-10-17(23)11-13-18/h6-13,15-16H,5,14H2,1-4H3,(H,24,27)(H,25,28)/t15-,16-/m1/s1. The van der Waals surface area contributed by atoms with Crippen LogP contribution in [0.3, 0.4) is 0 Å². The number of carbonyl (C=O) groups is 2. The van der Waals surface area contributed by atoms with E-state index >= 15 is 0 Å². The summed E-state index contributed by atoms with van der Waals surface area (Å²) in [5, 5.41) is 6.42. The highest BCUT2D eigenvalue weighted by Gasteiger charge is 2.21. The van der Waals surface area contributed by atoms with Crippen LogP contribution in [0.4, 0.5) is 11.4 Å². The fraction of sp³-hybridized carbons (Fsp3) is 0.364. The third-order valence-electron chi connectivity index (χ3n) is 4.92. The first-order chi connectivity index (χ1) is 13.3. The van der Waals surface area contributed by atoms with Crippen LogP contribution in [0.15, 0.2) is 48.5 Å². The number of rotatable bonds is 8. The number of anilines is 2. The van der Waals surface area contributed by atoms with Gasteiger partial charge < -0.3 is 10.6 Å². The summed E-state index contributed by atoms with van der Waals surface area (Å²) in [7, 11) is 1.76. The molecule has 0 saturated heterocycles. The number of hydrogen-bond acceptors (Lipinski definition) is 3. The zero-order valence-corrected chi connectivity index (χ0v) is 17.6. The van der Waals surface area contributed by atoms with E-state index in [0.29, 0.717) is 16.6 Å². The maximum atomic E-state index is 12.7. The Hall–Kier alpha value is -2.37. The van der Waals surface area contributed by atoms with E-state index < -0.39 is 6.04 Å². The summed E-state index contributed by atoms with van der Waals surface area (Å²) in [6.45, 7) is 6.15. The van der Waals surface area contributed by atoms with Gasteiger partial charge in [0.15, 0.2) is 0 Å². The monoisotopic (exact) mass is 401 g/mol. The van der Waals surface area contributed by atoms with Crippen molar-refractivity contribution < 1.29 is 9.59 Å². The fourth-order valence-electron chi connectivity index (χ4n) is 2.80. The molecule has 2 aromatic carbocycles. The first kappa shape index (κ1) is 21.9. The average Bonchev–Trinajstić information content (AvgIpc) is 2.68. The van der Waals surface area contributed by atoms with Crippen molar-refractivity contribution in [3.63, 3.8) is 0 Å². The van der Waals surface area contributed by atoms with E-state index in [9.17, 15) is 9.59 Å². The van der Waals surface area contributed by atoms with Crippen LogP contribution in [0.25, 0.3) is 0 Å². The van der Waals surface area contributed by atoms with Crippen molar-refractivity contribution in [3.8, 4) is 0 Å². The summed E-state index contributed by atoms with van der Waals surface area (Å²) in [5.74, 6) is 0.0247. The summed E-state index contributed by atoms with van der Waals surface area (Å²) in [5.41, 5.74) is 2.61. The summed E-state index contributed by atoms with van der Waals surface area (Å²) in [6.07, 6.45) is 0.993. The molecule has 150 valence electrons. The largest absolute Gasteiger partial charge is 0.325 e. The molecule has 6 heteroatoms. The molecule has 28 heavy (non-hydrogen) atoms. The molecule has 5 nitrogen and oxygen atoms in total. The van der Waals surface area contributed by atoms with Crippen LogP contribution in [0.5, 0.6) is 0 Å². The summed E-state index contributed by atoms with van der Waals surface area (Å²) >= 11 is 5.85. The molecule has 0 aliphatic rings. The highest BCUT2D eigenvalue weighted by atomic mass is 35.5. The van der Waals surface area contributed by atoms with E-state index in [0.717, 1.165) is 17.7 Å². The number of benzene rings is 2. The SMILES string of the molecule is CC[C@@H](C)c1ccccc1NC(=O)[C@@H](C)N(C)CC(=O)Nc1ccc(Cl)cc1. The van der Waals surface area contributed by atoms with Gasteiger partial charge in [-0.05, 0) is 62.2 Å². The molecular weight excluding hydrogens is 374 g/mol. The molecule has 2 amide bonds. The van der Waals surface area contributed by atoms with E-state index in [2.05, 4.69) is 24.5 Å². The van der Waals surface area contributed by atoms with Gasteiger partial charge in [0.25, 0.3) is 0 Å². The average molecular weight is 402 g/mol. The molecule has 0 aliphatic heterocycles. The van der Waals surface area contributed by atoms with Gasteiger partial charge in [0.05, 0.1) is 12.6 Å². The number of carbonyl (C=O) groups excluding carboxylic acids is 2. The minimum Gasteiger partial charge on any atom is -0.325 e. The molecule has 2 atom stereocenters. The molecule has 0 radical (unpaired) electrons. The molecule has 2 aromatic rings. The van der Waals surface area contributed by atoms with E-state index in [1.807, 2.05) is 24.3 Å². The summed E-state index contributed by atoms with van der Waals surface area (Å²) < 4.78 is 0. The number of halogens is 1. The van der Waals surface area contributed by atoms with Crippen LogP contribution in [0.1, 0.15) is 38.7 Å². The minimum absolute atomic E-state index is 0.101. The van der Waals surface area contributed by atoms with Crippen LogP contribution >= 0.6 is 11.6 Å². The van der Waals surface area contributed by atoms with Crippen molar-refractivity contribution in [3.05, 3.63) is 59.1 Å². The van der Waals surface area contributed by atoms with Crippen molar-refractivity contribution in [2.75, 3.05) is 24.2 Å². The van der Waals surface area contributed by atoms with E-state index in [4.69, 9.17) is 11.6 Å². The molecule has 0 fully saturated rings. The lowest BCUT2D eigenvalue weighted by Gasteiger charge is -2.24. The van der Waals surface area contributed by atoms with Gasteiger partial charge in [-0.2, -0.15) is 0 Å². The molecule has 0 aliphatic carbocycles. The number of amides is 2. The van der Waals surface area contributed by atoms with Gasteiger partial charge in [-0.15, -0.1) is 0 Å². The van der Waals surface area contributed by atoms with Crippen LogP contribution < -0.4 is 10.6 Å². The normalized spacial score (nSPS) is 13.1. The summed E-state index contributed by atoms with van der Waals surface area (Å²) in [6, 6.07) is 14.3. The summed E-state index contributed by atoms with van der Waals surface area (Å²) in [4.78, 5) is 26.7. The van der Waals surface area contributed by atoms with Gasteiger partial charge >= 0.3 is 0 Å². The Bertz CT molecular complexity index is 808. The van der Waals surface area contributed by atoms with Crippen LogP contribution in [-0.4, -0.2) is 36.3 Å². The lowest BCUT2D eigenvalue weighted by Crippen LogP contribution is -2.43. The van der Waals surface area contributed by atoms with Crippen molar-refractivity contribution >= 4 is 34.8 Å². The molecule has 0 bridgehead atoms. The van der Waals surface area contributed by atoms with Crippen molar-refractivity contribution in [2.24, 2.45) is 0 Å². The van der Waals surface area contributed by atoms with E-state index in [1.54, 1.807) is 43.1 Å². The number of nitrogens with one attached hydrogen (secondary N) is 2. The zero-order valence-electron chi connectivity index (χ0n) is 16.8. The van der Waals surface area contributed by atoms with Gasteiger partial charge in [-0.25, -0.2) is 0 Å². The number of para-hydroxylation sites is 1. The number of nitrogens with zero attached hydrogens (tertiary/aromatic N) is 1. The number of hydrogen-bond donors (Lipinski definition) is 2. The van der Waals surface area contributed by atoms with Gasteiger partial charge in [-0.1, -0.05) is 43.6 Å². The predicted molar refractivity (Wildman–Crippen MR) is 116 cm³/mol. The topological polar surface area (TPSA) is 61.4 Å². The molecule has 0 aromatic heterocycles. The smallest absolute Gasteiger partial charge is 0.241 e. The Morgan fingerprint density at radius 2 is 1.68 bits per heavy atom. The van der Waals surface area contributed by atoms with Crippen molar-refractivity contribution in [2.45, 2.75) is 39.2 Å². The van der Waals surface area contributed by atoms with Crippen LogP contribution in [0.2, 0.25) is 5.02 Å². The van der Waals surface area contributed by atoms with E-state index in [1.165, 1.54) is 0 Å². The number of likely N-dealkylation sites (N-methyl/N-ethyl adjacent to an activating group) is 1. The van der Waals surface area contributed by atoms with Crippen molar-refractivity contribution in [1.82, 2.24) is 4.90 Å². The Balaban J connectivity index is 1.95. The second-order valence-corrected chi connectivity index (χ2v) is 7.47. The highest BCUT2D eigenvalue weighted by Crippen LogP contribution is 2.26. The maximum absolute atomic E-state index is 12.7. The Kier molecular flexibility index (Phi) is 8.03. The first-order valence-corrected chi connectivity index (χ1v) is 9.85. The van der Waals surface area contributed by atoms with Gasteiger partial charge in [-0.3, -0.25) is 14.5 Å². The minimum atomic E-state index is -0.457. The van der Waals surface area contributed by atoms with Crippen LogP contribution in [0, 0.1) is 0 Å². The predicted octanol–water partition coefficient (Wildman–Crippen LogP) is 4.75. The molecule has 0 spiro atoms. The highest BCUT2D eigenvalue weighted by molar-refractivity contribution is 6.30. The fourth-order valence-corrected chi connectivity index (χ4v) is 2.92. The van der Waals surface area contributed by atoms with Gasteiger partial charge in [0.2, 0.25) is 11.8 Å². The maximum Gasteiger partial charge on any atom is 0.241 e. The Morgan fingerprint density at radius 3 is 2.32 bits per heavy atom. The molecule has 0 unspecified atom stereocenters. The van der Waals surface area contributed by atoms with E-state index in [-0.39, 0.29) is 18.4 Å². The lowest BCUT2D eigenvalue weighted by atomic mass is 9.97. The Labute approximate surface area is 172 Å². The molecule has 2 N–H and O–H groups in total. The van der Waals surface area contributed by atoms with Crippen LogP contribution in [-0.2, 0) is 9.59 Å². The van der Waals surface area contributed by atoms with Gasteiger partial charge in [0.1, 0.15) is 0 Å². The zero-order chi connectivity index (χ0) is 20.7.